The van der Waals surface area contributed by atoms with Gasteiger partial charge >= 0.3 is 0 Å². The lowest BCUT2D eigenvalue weighted by atomic mass is 9.87. The molecule has 1 saturated carbocycles. The van der Waals surface area contributed by atoms with Crippen LogP contribution in [0.3, 0.4) is 0 Å². The van der Waals surface area contributed by atoms with Crippen molar-refractivity contribution in [3.05, 3.63) is 28.2 Å². The van der Waals surface area contributed by atoms with Gasteiger partial charge in [-0.2, -0.15) is 0 Å². The van der Waals surface area contributed by atoms with Crippen LogP contribution in [0.4, 0.5) is 0 Å². The maximum atomic E-state index is 11.9. The number of carbonyl (C=O) groups is 1. The third-order valence-electron chi connectivity index (χ3n) is 3.90. The lowest BCUT2D eigenvalue weighted by molar-refractivity contribution is -0.118. The minimum Gasteiger partial charge on any atom is -0.393 e. The van der Waals surface area contributed by atoms with Crippen LogP contribution in [0.15, 0.2) is 27.6 Å². The van der Waals surface area contributed by atoms with E-state index in [1.54, 1.807) is 11.8 Å². The first-order chi connectivity index (χ1) is 10.0. The number of carbonyl (C=O) groups excluding carboxylic acids is 1. The maximum Gasteiger partial charge on any atom is 0.230 e. The van der Waals surface area contributed by atoms with Crippen molar-refractivity contribution in [1.82, 2.24) is 5.32 Å². The number of rotatable bonds is 5. The van der Waals surface area contributed by atoms with E-state index in [0.29, 0.717) is 11.7 Å². The topological polar surface area (TPSA) is 49.3 Å². The molecule has 1 amide bonds. The zero-order valence-electron chi connectivity index (χ0n) is 12.3. The van der Waals surface area contributed by atoms with Crippen molar-refractivity contribution >= 4 is 33.6 Å². The van der Waals surface area contributed by atoms with Crippen LogP contribution < -0.4 is 5.32 Å². The van der Waals surface area contributed by atoms with Crippen molar-refractivity contribution in [1.29, 1.82) is 0 Å². The standard InChI is InChI=1S/C16H22BrNO2S/c1-11-8-13(17)4-7-15(11)21-10-16(20)18-9-12-2-5-14(19)6-3-12/h4,7-8,12,14,19H,2-3,5-6,9-10H2,1H3,(H,18,20). The summed E-state index contributed by atoms with van der Waals surface area (Å²) in [6, 6.07) is 6.11. The largest absolute Gasteiger partial charge is 0.393 e. The Morgan fingerprint density at radius 2 is 2.10 bits per heavy atom. The molecule has 0 unspecified atom stereocenters. The second kappa shape index (κ2) is 8.20. The molecule has 1 aliphatic carbocycles. The fourth-order valence-corrected chi connectivity index (χ4v) is 3.89. The van der Waals surface area contributed by atoms with Gasteiger partial charge in [-0.05, 0) is 62.3 Å². The predicted octanol–water partition coefficient (Wildman–Crippen LogP) is 3.52. The van der Waals surface area contributed by atoms with E-state index >= 15 is 0 Å². The predicted molar refractivity (Wildman–Crippen MR) is 90.6 cm³/mol. The normalized spacial score (nSPS) is 22.0. The second-order valence-electron chi connectivity index (χ2n) is 5.68. The zero-order chi connectivity index (χ0) is 15.2. The SMILES string of the molecule is Cc1cc(Br)ccc1SCC(=O)NCC1CCC(O)CC1. The molecular formula is C16H22BrNO2S. The van der Waals surface area contributed by atoms with Gasteiger partial charge in [0.25, 0.3) is 0 Å². The average molecular weight is 372 g/mol. The van der Waals surface area contributed by atoms with Gasteiger partial charge in [0.15, 0.2) is 0 Å². The van der Waals surface area contributed by atoms with Crippen LogP contribution in [0.25, 0.3) is 0 Å². The third kappa shape index (κ3) is 5.64. The Hall–Kier alpha value is -0.520. The van der Waals surface area contributed by atoms with Crippen LogP contribution in [0.5, 0.6) is 0 Å². The van der Waals surface area contributed by atoms with Gasteiger partial charge < -0.3 is 10.4 Å². The highest BCUT2D eigenvalue weighted by Crippen LogP contribution is 2.26. The Bertz CT molecular complexity index is 487. The highest BCUT2D eigenvalue weighted by Gasteiger charge is 2.19. The second-order valence-corrected chi connectivity index (χ2v) is 7.61. The number of aryl methyl sites for hydroxylation is 1. The van der Waals surface area contributed by atoms with E-state index in [1.165, 1.54) is 5.56 Å². The van der Waals surface area contributed by atoms with Crippen LogP contribution >= 0.6 is 27.7 Å². The van der Waals surface area contributed by atoms with E-state index < -0.39 is 0 Å². The molecule has 21 heavy (non-hydrogen) atoms. The molecule has 0 saturated heterocycles. The summed E-state index contributed by atoms with van der Waals surface area (Å²) in [4.78, 5) is 13.1. The van der Waals surface area contributed by atoms with E-state index in [0.717, 1.165) is 41.6 Å². The Morgan fingerprint density at radius 1 is 1.38 bits per heavy atom. The molecule has 0 aliphatic heterocycles. The van der Waals surface area contributed by atoms with E-state index in [4.69, 9.17) is 0 Å². The monoisotopic (exact) mass is 371 g/mol. The van der Waals surface area contributed by atoms with Crippen molar-refractivity contribution in [2.45, 2.75) is 43.6 Å². The number of hydrogen-bond acceptors (Lipinski definition) is 3. The van der Waals surface area contributed by atoms with E-state index in [2.05, 4.69) is 34.2 Å². The smallest absolute Gasteiger partial charge is 0.230 e. The number of aliphatic hydroxyl groups is 1. The molecule has 2 rings (SSSR count). The number of amides is 1. The van der Waals surface area contributed by atoms with Crippen LogP contribution in [0, 0.1) is 12.8 Å². The molecule has 0 spiro atoms. The van der Waals surface area contributed by atoms with Gasteiger partial charge in [0, 0.05) is 15.9 Å². The molecule has 0 aromatic heterocycles. The minimum atomic E-state index is -0.132. The highest BCUT2D eigenvalue weighted by molar-refractivity contribution is 9.10. The fraction of sp³-hybridized carbons (Fsp3) is 0.562. The van der Waals surface area contributed by atoms with Gasteiger partial charge in [0.2, 0.25) is 5.91 Å². The molecule has 1 aliphatic rings. The van der Waals surface area contributed by atoms with Crippen molar-refractivity contribution in [3.8, 4) is 0 Å². The summed E-state index contributed by atoms with van der Waals surface area (Å²) in [6.45, 7) is 2.80. The lowest BCUT2D eigenvalue weighted by Gasteiger charge is -2.25. The van der Waals surface area contributed by atoms with Gasteiger partial charge in [-0.15, -0.1) is 11.8 Å². The van der Waals surface area contributed by atoms with E-state index in [9.17, 15) is 9.90 Å². The van der Waals surface area contributed by atoms with Gasteiger partial charge in [-0.25, -0.2) is 0 Å². The first-order valence-corrected chi connectivity index (χ1v) is 9.16. The Labute approximate surface area is 139 Å². The quantitative estimate of drug-likeness (QED) is 0.778. The van der Waals surface area contributed by atoms with Crippen LogP contribution in [-0.2, 0) is 4.79 Å². The van der Waals surface area contributed by atoms with Crippen molar-refractivity contribution in [3.63, 3.8) is 0 Å². The number of aliphatic hydroxyl groups excluding tert-OH is 1. The molecule has 0 radical (unpaired) electrons. The van der Waals surface area contributed by atoms with Crippen molar-refractivity contribution in [2.75, 3.05) is 12.3 Å². The summed E-state index contributed by atoms with van der Waals surface area (Å²) in [5, 5.41) is 12.5. The molecule has 0 bridgehead atoms. The molecule has 116 valence electrons. The summed E-state index contributed by atoms with van der Waals surface area (Å²) in [5.41, 5.74) is 1.18. The first-order valence-electron chi connectivity index (χ1n) is 7.38. The highest BCUT2D eigenvalue weighted by atomic mass is 79.9. The van der Waals surface area contributed by atoms with Gasteiger partial charge in [-0.3, -0.25) is 4.79 Å². The minimum absolute atomic E-state index is 0.0911. The maximum absolute atomic E-state index is 11.9. The summed E-state index contributed by atoms with van der Waals surface area (Å²) < 4.78 is 1.06. The van der Waals surface area contributed by atoms with E-state index in [1.807, 2.05) is 12.1 Å². The van der Waals surface area contributed by atoms with Crippen molar-refractivity contribution in [2.24, 2.45) is 5.92 Å². The third-order valence-corrected chi connectivity index (χ3v) is 5.57. The van der Waals surface area contributed by atoms with Gasteiger partial charge in [0.1, 0.15) is 0 Å². The molecule has 0 heterocycles. The molecule has 0 atom stereocenters. The lowest BCUT2D eigenvalue weighted by Crippen LogP contribution is -2.33. The molecule has 1 aromatic rings. The van der Waals surface area contributed by atoms with E-state index in [-0.39, 0.29) is 12.0 Å². The van der Waals surface area contributed by atoms with Crippen LogP contribution in [0.2, 0.25) is 0 Å². The molecule has 2 N–H and O–H groups in total. The van der Waals surface area contributed by atoms with Gasteiger partial charge in [-0.1, -0.05) is 15.9 Å². The summed E-state index contributed by atoms with van der Waals surface area (Å²) in [6.07, 6.45) is 3.63. The Morgan fingerprint density at radius 3 is 2.76 bits per heavy atom. The number of nitrogens with one attached hydrogen (secondary N) is 1. The summed E-state index contributed by atoms with van der Waals surface area (Å²) >= 11 is 5.02. The summed E-state index contributed by atoms with van der Waals surface area (Å²) in [5.74, 6) is 1.07. The average Bonchev–Trinajstić information content (AvgIpc) is 2.46. The number of benzene rings is 1. The number of hydrogen-bond donors (Lipinski definition) is 2. The van der Waals surface area contributed by atoms with Crippen LogP contribution in [0.1, 0.15) is 31.2 Å². The van der Waals surface area contributed by atoms with Crippen LogP contribution in [-0.4, -0.2) is 29.4 Å². The summed E-state index contributed by atoms with van der Waals surface area (Å²) in [7, 11) is 0. The fourth-order valence-electron chi connectivity index (χ4n) is 2.58. The molecule has 5 heteroatoms. The Balaban J connectivity index is 1.70. The molecule has 1 fully saturated rings. The van der Waals surface area contributed by atoms with Gasteiger partial charge in [0.05, 0.1) is 11.9 Å². The first kappa shape index (κ1) is 16.8. The Kier molecular flexibility index (Phi) is 6.58. The zero-order valence-corrected chi connectivity index (χ0v) is 14.7. The molecule has 3 nitrogen and oxygen atoms in total. The number of halogens is 1. The molecular weight excluding hydrogens is 350 g/mol. The van der Waals surface area contributed by atoms with Crippen molar-refractivity contribution < 1.29 is 9.90 Å². The molecule has 1 aromatic carbocycles. The number of thioether (sulfide) groups is 1.